The minimum Gasteiger partial charge on any atom is -0.274 e. The van der Waals surface area contributed by atoms with Gasteiger partial charge in [-0.25, -0.2) is 9.36 Å². The summed E-state index contributed by atoms with van der Waals surface area (Å²) in [6.45, 7) is 7.67. The smallest absolute Gasteiger partial charge is 0.274 e. The van der Waals surface area contributed by atoms with Gasteiger partial charge >= 0.3 is 5.69 Å². The molecule has 134 valence electrons. The van der Waals surface area contributed by atoms with Gasteiger partial charge < -0.3 is 0 Å². The molecule has 5 heteroatoms. The molecule has 0 radical (unpaired) electrons. The molecule has 1 aromatic heterocycles. The summed E-state index contributed by atoms with van der Waals surface area (Å²) >= 11 is 0. The lowest BCUT2D eigenvalue weighted by molar-refractivity contribution is 0.0890. The first-order valence-corrected chi connectivity index (χ1v) is 9.00. The Morgan fingerprint density at radius 2 is 1.75 bits per heavy atom. The van der Waals surface area contributed by atoms with Crippen LogP contribution in [0, 0.1) is 6.92 Å². The van der Waals surface area contributed by atoms with Crippen molar-refractivity contribution in [3.05, 3.63) is 45.3 Å². The molecule has 0 saturated carbocycles. The molecule has 1 heterocycles. The van der Waals surface area contributed by atoms with Crippen molar-refractivity contribution < 1.29 is 4.79 Å². The number of carbonyl (C=O) groups is 1. The highest BCUT2D eigenvalue weighted by Crippen LogP contribution is 2.08. The molecule has 0 N–H and O–H groups in total. The number of nitrogens with zero attached hydrogens (tertiary/aromatic N) is 2. The van der Waals surface area contributed by atoms with E-state index in [1.165, 1.54) is 31.9 Å². The van der Waals surface area contributed by atoms with Gasteiger partial charge in [-0.05, 0) is 19.8 Å². The van der Waals surface area contributed by atoms with Crippen LogP contribution < -0.4 is 11.2 Å². The number of aromatic nitrogens is 2. The summed E-state index contributed by atoms with van der Waals surface area (Å²) < 4.78 is 2.22. The van der Waals surface area contributed by atoms with Crippen LogP contribution in [-0.4, -0.2) is 15.0 Å². The largest absolute Gasteiger partial charge is 0.337 e. The van der Waals surface area contributed by atoms with Crippen molar-refractivity contribution in [2.24, 2.45) is 0 Å². The highest BCUT2D eigenvalue weighted by atomic mass is 16.2. The molecule has 0 aromatic carbocycles. The molecule has 0 aliphatic rings. The number of allylic oxidation sites excluding steroid dienone is 1. The molecule has 5 nitrogen and oxygen atoms in total. The third kappa shape index (κ3) is 5.95. The van der Waals surface area contributed by atoms with Crippen LogP contribution in [0.1, 0.15) is 75.1 Å². The Morgan fingerprint density at radius 1 is 1.12 bits per heavy atom. The van der Waals surface area contributed by atoms with E-state index >= 15 is 0 Å². The van der Waals surface area contributed by atoms with Crippen LogP contribution in [-0.2, 0) is 6.54 Å². The maximum Gasteiger partial charge on any atom is 0.337 e. The lowest BCUT2D eigenvalue weighted by Crippen LogP contribution is -2.42. The lowest BCUT2D eigenvalue weighted by Gasteiger charge is -2.10. The van der Waals surface area contributed by atoms with Gasteiger partial charge in [-0.1, -0.05) is 51.5 Å². The summed E-state index contributed by atoms with van der Waals surface area (Å²) in [6.07, 6.45) is 11.7. The number of unbranched alkanes of at least 4 members (excludes halogenated alkanes) is 6. The molecule has 0 spiro atoms. The minimum absolute atomic E-state index is 0.232. The average Bonchev–Trinajstić information content (AvgIpc) is 2.57. The van der Waals surface area contributed by atoms with Crippen LogP contribution in [0.5, 0.6) is 0 Å². The van der Waals surface area contributed by atoms with E-state index in [1.807, 2.05) is 0 Å². The molecule has 0 atom stereocenters. The topological polar surface area (TPSA) is 61.1 Å². The normalized spacial score (nSPS) is 10.8. The van der Waals surface area contributed by atoms with E-state index in [-0.39, 0.29) is 18.0 Å². The van der Waals surface area contributed by atoms with Crippen molar-refractivity contribution >= 4 is 5.91 Å². The maximum atomic E-state index is 12.4. The second-order valence-electron chi connectivity index (χ2n) is 6.26. The van der Waals surface area contributed by atoms with Crippen LogP contribution >= 0.6 is 0 Å². The molecule has 0 bridgehead atoms. The van der Waals surface area contributed by atoms with Crippen LogP contribution in [0.25, 0.3) is 0 Å². The molecule has 24 heavy (non-hydrogen) atoms. The fourth-order valence-corrected chi connectivity index (χ4v) is 2.68. The zero-order chi connectivity index (χ0) is 17.9. The SMILES string of the molecule is C=CCCn1c(=O)c(C)cn(C(=O)CCCCCCCCC)c1=O. The first kappa shape index (κ1) is 20.1. The number of aryl methyl sites for hydroxylation is 1. The van der Waals surface area contributed by atoms with Gasteiger partial charge in [-0.15, -0.1) is 6.58 Å². The van der Waals surface area contributed by atoms with Crippen molar-refractivity contribution in [3.63, 3.8) is 0 Å². The van der Waals surface area contributed by atoms with Gasteiger partial charge in [0, 0.05) is 24.7 Å². The number of hydrogen-bond acceptors (Lipinski definition) is 3. The summed E-state index contributed by atoms with van der Waals surface area (Å²) in [6, 6.07) is 0. The van der Waals surface area contributed by atoms with E-state index in [9.17, 15) is 14.4 Å². The zero-order valence-corrected chi connectivity index (χ0v) is 15.1. The van der Waals surface area contributed by atoms with Crippen molar-refractivity contribution in [1.29, 1.82) is 0 Å². The first-order chi connectivity index (χ1) is 11.5. The summed E-state index contributed by atoms with van der Waals surface area (Å²) in [5.74, 6) is -0.232. The van der Waals surface area contributed by atoms with E-state index in [0.29, 0.717) is 18.4 Å². The second kappa shape index (κ2) is 10.8. The Labute approximate surface area is 144 Å². The average molecular weight is 334 g/mol. The standard InChI is InChI=1S/C19H30N2O3/c1-4-6-8-9-10-11-12-13-17(22)21-15-16(3)18(23)20(19(21)24)14-7-5-2/h5,15H,2,4,6-14H2,1,3H3. The van der Waals surface area contributed by atoms with Crippen LogP contribution in [0.2, 0.25) is 0 Å². The van der Waals surface area contributed by atoms with Crippen LogP contribution in [0.3, 0.4) is 0 Å². The Morgan fingerprint density at radius 3 is 2.38 bits per heavy atom. The molecular formula is C19H30N2O3. The highest BCUT2D eigenvalue weighted by Gasteiger charge is 2.13. The third-order valence-corrected chi connectivity index (χ3v) is 4.16. The number of carbonyl (C=O) groups excluding carboxylic acids is 1. The van der Waals surface area contributed by atoms with E-state index in [4.69, 9.17) is 0 Å². The molecule has 0 aliphatic carbocycles. The summed E-state index contributed by atoms with van der Waals surface area (Å²) in [5, 5.41) is 0. The van der Waals surface area contributed by atoms with Crippen molar-refractivity contribution in [1.82, 2.24) is 9.13 Å². The van der Waals surface area contributed by atoms with Crippen molar-refractivity contribution in [2.75, 3.05) is 0 Å². The van der Waals surface area contributed by atoms with Gasteiger partial charge in [0.2, 0.25) is 5.91 Å². The van der Waals surface area contributed by atoms with Gasteiger partial charge in [0.1, 0.15) is 0 Å². The molecule has 1 aromatic rings. The van der Waals surface area contributed by atoms with E-state index < -0.39 is 5.69 Å². The molecule has 0 amide bonds. The summed E-state index contributed by atoms with van der Waals surface area (Å²) in [5.41, 5.74) is -0.464. The Hall–Kier alpha value is -1.91. The van der Waals surface area contributed by atoms with Gasteiger partial charge in [-0.3, -0.25) is 14.2 Å². The van der Waals surface area contributed by atoms with E-state index in [2.05, 4.69) is 13.5 Å². The number of hydrogen-bond donors (Lipinski definition) is 0. The van der Waals surface area contributed by atoms with Crippen molar-refractivity contribution in [2.45, 2.75) is 78.2 Å². The fourth-order valence-electron chi connectivity index (χ4n) is 2.68. The number of rotatable bonds is 11. The van der Waals surface area contributed by atoms with Crippen molar-refractivity contribution in [3.8, 4) is 0 Å². The predicted molar refractivity (Wildman–Crippen MR) is 97.7 cm³/mol. The molecule has 0 aliphatic heterocycles. The monoisotopic (exact) mass is 334 g/mol. The molecular weight excluding hydrogens is 304 g/mol. The molecule has 0 unspecified atom stereocenters. The maximum absolute atomic E-state index is 12.4. The van der Waals surface area contributed by atoms with Gasteiger partial charge in [0.05, 0.1) is 0 Å². The van der Waals surface area contributed by atoms with E-state index in [1.54, 1.807) is 13.0 Å². The summed E-state index contributed by atoms with van der Waals surface area (Å²) in [7, 11) is 0. The summed E-state index contributed by atoms with van der Waals surface area (Å²) in [4.78, 5) is 36.7. The van der Waals surface area contributed by atoms with E-state index in [0.717, 1.165) is 28.4 Å². The molecule has 0 fully saturated rings. The molecule has 1 rings (SSSR count). The van der Waals surface area contributed by atoms with Gasteiger partial charge in [0.15, 0.2) is 0 Å². The molecule has 0 saturated heterocycles. The third-order valence-electron chi connectivity index (χ3n) is 4.16. The minimum atomic E-state index is -0.541. The van der Waals surface area contributed by atoms with Gasteiger partial charge in [0.25, 0.3) is 5.56 Å². The van der Waals surface area contributed by atoms with Crippen LogP contribution in [0.15, 0.2) is 28.4 Å². The predicted octanol–water partition coefficient (Wildman–Crippen LogP) is 3.68. The van der Waals surface area contributed by atoms with Crippen LogP contribution in [0.4, 0.5) is 0 Å². The Balaban J connectivity index is 2.67. The quantitative estimate of drug-likeness (QED) is 0.458. The Kier molecular flexibility index (Phi) is 9.05. The fraction of sp³-hybridized carbons (Fsp3) is 0.632. The highest BCUT2D eigenvalue weighted by molar-refractivity contribution is 5.78. The van der Waals surface area contributed by atoms with Gasteiger partial charge in [-0.2, -0.15) is 0 Å². The first-order valence-electron chi connectivity index (χ1n) is 9.00. The zero-order valence-electron chi connectivity index (χ0n) is 15.1. The lowest BCUT2D eigenvalue weighted by atomic mass is 10.1. The Bertz CT molecular complexity index is 656. The second-order valence-corrected chi connectivity index (χ2v) is 6.26.